The molecule has 2 heterocycles. The van der Waals surface area contributed by atoms with Crippen LogP contribution in [0.15, 0.2) is 18.2 Å². The van der Waals surface area contributed by atoms with Gasteiger partial charge in [-0.25, -0.2) is 0 Å². The highest BCUT2D eigenvalue weighted by molar-refractivity contribution is 5.99. The van der Waals surface area contributed by atoms with Crippen molar-refractivity contribution in [3.05, 3.63) is 29.3 Å². The fourth-order valence-electron chi connectivity index (χ4n) is 3.63. The lowest BCUT2D eigenvalue weighted by atomic mass is 10.1. The Morgan fingerprint density at radius 2 is 2.00 bits per heavy atom. The molecule has 2 aliphatic heterocycles. The summed E-state index contributed by atoms with van der Waals surface area (Å²) < 4.78 is 39.9. The van der Waals surface area contributed by atoms with E-state index in [1.807, 2.05) is 7.05 Å². The van der Waals surface area contributed by atoms with E-state index >= 15 is 0 Å². The molecular weight excluding hydrogens is 383 g/mol. The number of nitrogens with one attached hydrogen (secondary N) is 1. The first kappa shape index (κ1) is 21.5. The minimum absolute atomic E-state index is 0. The number of benzene rings is 1. The summed E-state index contributed by atoms with van der Waals surface area (Å²) in [6, 6.07) is 3.25. The SMILES string of the molecule is CNCC1CCN(C(=O)c2cc(N3CCCC3=O)cc(C(F)(F)F)c2)C1.Cl. The molecule has 1 N–H and O–H groups in total. The van der Waals surface area contributed by atoms with Crippen LogP contribution in [0.1, 0.15) is 35.2 Å². The molecule has 3 rings (SSSR count). The second-order valence-corrected chi connectivity index (χ2v) is 6.88. The Kier molecular flexibility index (Phi) is 6.75. The molecule has 1 atom stereocenters. The van der Waals surface area contributed by atoms with E-state index in [1.165, 1.54) is 11.0 Å². The van der Waals surface area contributed by atoms with E-state index in [0.29, 0.717) is 38.4 Å². The van der Waals surface area contributed by atoms with E-state index in [-0.39, 0.29) is 29.6 Å². The molecule has 0 bridgehead atoms. The second-order valence-electron chi connectivity index (χ2n) is 6.88. The van der Waals surface area contributed by atoms with Crippen LogP contribution >= 0.6 is 12.4 Å². The first-order chi connectivity index (χ1) is 12.3. The number of halogens is 4. The predicted octanol–water partition coefficient (Wildman–Crippen LogP) is 2.94. The summed E-state index contributed by atoms with van der Waals surface area (Å²) in [5.74, 6) is -0.324. The zero-order valence-corrected chi connectivity index (χ0v) is 15.8. The Morgan fingerprint density at radius 1 is 1.26 bits per heavy atom. The molecule has 150 valence electrons. The highest BCUT2D eigenvalue weighted by atomic mass is 35.5. The lowest BCUT2D eigenvalue weighted by Gasteiger charge is -2.21. The summed E-state index contributed by atoms with van der Waals surface area (Å²) in [5, 5.41) is 3.06. The smallest absolute Gasteiger partial charge is 0.338 e. The minimum atomic E-state index is -4.58. The van der Waals surface area contributed by atoms with Crippen LogP contribution in [0.5, 0.6) is 0 Å². The maximum Gasteiger partial charge on any atom is 0.416 e. The van der Waals surface area contributed by atoms with Gasteiger partial charge in [-0.15, -0.1) is 12.4 Å². The van der Waals surface area contributed by atoms with Crippen molar-refractivity contribution in [2.45, 2.75) is 25.4 Å². The van der Waals surface area contributed by atoms with Crippen LogP contribution in [0.25, 0.3) is 0 Å². The number of carbonyl (C=O) groups excluding carboxylic acids is 2. The van der Waals surface area contributed by atoms with Crippen molar-refractivity contribution in [1.29, 1.82) is 0 Å². The molecule has 0 saturated carbocycles. The molecule has 9 heteroatoms. The van der Waals surface area contributed by atoms with Crippen LogP contribution in [0.4, 0.5) is 18.9 Å². The van der Waals surface area contributed by atoms with Gasteiger partial charge < -0.3 is 15.1 Å². The van der Waals surface area contributed by atoms with Crippen LogP contribution in [0, 0.1) is 5.92 Å². The van der Waals surface area contributed by atoms with Crippen LogP contribution in [0.2, 0.25) is 0 Å². The normalized spacial score (nSPS) is 20.1. The van der Waals surface area contributed by atoms with Gasteiger partial charge in [-0.2, -0.15) is 13.2 Å². The summed E-state index contributed by atoms with van der Waals surface area (Å²) >= 11 is 0. The van der Waals surface area contributed by atoms with Crippen LogP contribution in [-0.2, 0) is 11.0 Å². The van der Waals surface area contributed by atoms with Crippen LogP contribution in [-0.4, -0.2) is 49.9 Å². The van der Waals surface area contributed by atoms with Crippen molar-refractivity contribution in [3.8, 4) is 0 Å². The molecule has 2 fully saturated rings. The quantitative estimate of drug-likeness (QED) is 0.838. The molecular formula is C18H23ClF3N3O2. The maximum absolute atomic E-state index is 13.3. The summed E-state index contributed by atoms with van der Waals surface area (Å²) in [5.41, 5.74) is -0.764. The molecule has 1 aromatic carbocycles. The van der Waals surface area contributed by atoms with Crippen molar-refractivity contribution in [3.63, 3.8) is 0 Å². The summed E-state index contributed by atoms with van der Waals surface area (Å²) in [7, 11) is 1.83. The largest absolute Gasteiger partial charge is 0.416 e. The molecule has 1 aromatic rings. The standard InChI is InChI=1S/C18H22F3N3O2.ClH/c1-22-10-12-4-6-23(11-12)17(26)13-7-14(18(19,20)21)9-15(8-13)24-5-2-3-16(24)25;/h7-9,12,22H,2-6,10-11H2,1H3;1H. The third-order valence-electron chi connectivity index (χ3n) is 4.94. The average Bonchev–Trinajstić information content (AvgIpc) is 3.22. The molecule has 2 saturated heterocycles. The van der Waals surface area contributed by atoms with Crippen molar-refractivity contribution in [2.75, 3.05) is 38.1 Å². The maximum atomic E-state index is 13.3. The zero-order chi connectivity index (χ0) is 18.9. The molecule has 0 aliphatic carbocycles. The van der Waals surface area contributed by atoms with E-state index < -0.39 is 17.6 Å². The summed E-state index contributed by atoms with van der Waals surface area (Å²) in [6.45, 7) is 2.19. The highest BCUT2D eigenvalue weighted by Crippen LogP contribution is 2.34. The Bertz CT molecular complexity index is 712. The molecule has 0 aromatic heterocycles. The average molecular weight is 406 g/mol. The number of amides is 2. The van der Waals surface area contributed by atoms with Gasteiger partial charge >= 0.3 is 6.18 Å². The number of alkyl halides is 3. The van der Waals surface area contributed by atoms with Crippen LogP contribution < -0.4 is 10.2 Å². The van der Waals surface area contributed by atoms with Gasteiger partial charge in [-0.1, -0.05) is 0 Å². The van der Waals surface area contributed by atoms with Gasteiger partial charge in [-0.05, 0) is 50.6 Å². The van der Waals surface area contributed by atoms with Crippen molar-refractivity contribution < 1.29 is 22.8 Å². The molecule has 2 aliphatic rings. The molecule has 27 heavy (non-hydrogen) atoms. The first-order valence-electron chi connectivity index (χ1n) is 8.76. The first-order valence-corrected chi connectivity index (χ1v) is 8.76. The molecule has 1 unspecified atom stereocenters. The van der Waals surface area contributed by atoms with E-state index in [9.17, 15) is 22.8 Å². The number of hydrogen-bond donors (Lipinski definition) is 1. The number of likely N-dealkylation sites (tertiary alicyclic amines) is 1. The number of rotatable bonds is 4. The number of anilines is 1. The van der Waals surface area contributed by atoms with Crippen molar-refractivity contribution >= 4 is 29.9 Å². The monoisotopic (exact) mass is 405 g/mol. The molecule has 2 amide bonds. The Balaban J connectivity index is 0.00000261. The lowest BCUT2D eigenvalue weighted by Crippen LogP contribution is -2.31. The number of nitrogens with zero attached hydrogens (tertiary/aromatic N) is 2. The third-order valence-corrected chi connectivity index (χ3v) is 4.94. The lowest BCUT2D eigenvalue weighted by molar-refractivity contribution is -0.137. The summed E-state index contributed by atoms with van der Waals surface area (Å²) in [6.07, 6.45) is -2.83. The zero-order valence-electron chi connectivity index (χ0n) is 15.0. The van der Waals surface area contributed by atoms with Crippen molar-refractivity contribution in [1.82, 2.24) is 10.2 Å². The Labute approximate surface area is 162 Å². The van der Waals surface area contributed by atoms with Gasteiger partial charge in [0.05, 0.1) is 5.56 Å². The topological polar surface area (TPSA) is 52.7 Å². The van der Waals surface area contributed by atoms with Gasteiger partial charge in [0.15, 0.2) is 0 Å². The van der Waals surface area contributed by atoms with Gasteiger partial charge in [-0.3, -0.25) is 9.59 Å². The van der Waals surface area contributed by atoms with Crippen molar-refractivity contribution in [2.24, 2.45) is 5.92 Å². The van der Waals surface area contributed by atoms with E-state index in [2.05, 4.69) is 5.32 Å². The summed E-state index contributed by atoms with van der Waals surface area (Å²) in [4.78, 5) is 27.6. The van der Waals surface area contributed by atoms with Gasteiger partial charge in [0.2, 0.25) is 5.91 Å². The second kappa shape index (κ2) is 8.48. The minimum Gasteiger partial charge on any atom is -0.338 e. The highest BCUT2D eigenvalue weighted by Gasteiger charge is 2.35. The number of carbonyl (C=O) groups is 2. The Hall–Kier alpha value is -1.80. The van der Waals surface area contributed by atoms with Gasteiger partial charge in [0.25, 0.3) is 5.91 Å². The van der Waals surface area contributed by atoms with Crippen LogP contribution in [0.3, 0.4) is 0 Å². The number of hydrogen-bond acceptors (Lipinski definition) is 3. The molecule has 5 nitrogen and oxygen atoms in total. The fraction of sp³-hybridized carbons (Fsp3) is 0.556. The Morgan fingerprint density at radius 3 is 2.59 bits per heavy atom. The van der Waals surface area contributed by atoms with E-state index in [4.69, 9.17) is 0 Å². The molecule has 0 radical (unpaired) electrons. The molecule has 0 spiro atoms. The third kappa shape index (κ3) is 4.73. The van der Waals surface area contributed by atoms with E-state index in [1.54, 1.807) is 4.90 Å². The van der Waals surface area contributed by atoms with Gasteiger partial charge in [0.1, 0.15) is 0 Å². The predicted molar refractivity (Wildman–Crippen MR) is 98.2 cm³/mol. The fourth-order valence-corrected chi connectivity index (χ4v) is 3.63. The van der Waals surface area contributed by atoms with Gasteiger partial charge in [0, 0.05) is 37.3 Å². The van der Waals surface area contributed by atoms with E-state index in [0.717, 1.165) is 25.1 Å².